The highest BCUT2D eigenvalue weighted by Gasteiger charge is 2.20. The van der Waals surface area contributed by atoms with Gasteiger partial charge >= 0.3 is 0 Å². The average Bonchev–Trinajstić information content (AvgIpc) is 2.31. The van der Waals surface area contributed by atoms with E-state index in [-0.39, 0.29) is 11.8 Å². The van der Waals surface area contributed by atoms with Gasteiger partial charge in [-0.05, 0) is 25.8 Å². The van der Waals surface area contributed by atoms with Gasteiger partial charge in [-0.15, -0.1) is 0 Å². The number of non-ortho nitro benzene ring substituents is 1. The Morgan fingerprint density at radius 2 is 2.33 bits per heavy atom. The van der Waals surface area contributed by atoms with Gasteiger partial charge in [0.15, 0.2) is 0 Å². The fraction of sp³-hybridized carbons (Fsp3) is 0.500. The zero-order valence-corrected chi connectivity index (χ0v) is 10.3. The Morgan fingerprint density at radius 1 is 1.56 bits per heavy atom. The highest BCUT2D eigenvalue weighted by Crippen LogP contribution is 2.26. The molecule has 3 N–H and O–H groups in total. The minimum absolute atomic E-state index is 0.0124. The van der Waals surface area contributed by atoms with Gasteiger partial charge in [-0.1, -0.05) is 0 Å². The third-order valence-electron chi connectivity index (χ3n) is 3.09. The molecule has 98 valence electrons. The number of ether oxygens (including phenoxy) is 1. The second-order valence-electron chi connectivity index (χ2n) is 4.58. The lowest BCUT2D eigenvalue weighted by Crippen LogP contribution is -2.32. The van der Waals surface area contributed by atoms with E-state index in [1.165, 1.54) is 12.1 Å². The molecule has 0 aliphatic carbocycles. The summed E-state index contributed by atoms with van der Waals surface area (Å²) in [6.07, 6.45) is 2.06. The van der Waals surface area contributed by atoms with Crippen LogP contribution in [0, 0.1) is 10.1 Å². The molecule has 1 aliphatic heterocycles. The Labute approximate surface area is 105 Å². The number of rotatable bonds is 3. The number of nitrogens with zero attached hydrogens (tertiary/aromatic N) is 1. The van der Waals surface area contributed by atoms with Crippen LogP contribution in [0.1, 0.15) is 19.8 Å². The fourth-order valence-corrected chi connectivity index (χ4v) is 2.14. The largest absolute Gasteiger partial charge is 0.397 e. The highest BCUT2D eigenvalue weighted by molar-refractivity contribution is 5.69. The lowest BCUT2D eigenvalue weighted by Gasteiger charge is -2.29. The molecule has 2 rings (SSSR count). The van der Waals surface area contributed by atoms with Crippen molar-refractivity contribution in [3.63, 3.8) is 0 Å². The number of nitrogen functional groups attached to an aromatic ring is 1. The predicted molar refractivity (Wildman–Crippen MR) is 69.6 cm³/mol. The molecule has 1 aliphatic rings. The van der Waals surface area contributed by atoms with E-state index < -0.39 is 4.92 Å². The number of nitrogens with one attached hydrogen (secondary N) is 1. The normalized spacial score (nSPS) is 23.6. The molecule has 1 aromatic carbocycles. The number of nitro benzene ring substituents is 1. The molecule has 1 saturated heterocycles. The van der Waals surface area contributed by atoms with Crippen molar-refractivity contribution in [2.75, 3.05) is 17.7 Å². The maximum Gasteiger partial charge on any atom is 0.271 e. The smallest absolute Gasteiger partial charge is 0.271 e. The van der Waals surface area contributed by atoms with Crippen LogP contribution in [0.25, 0.3) is 0 Å². The summed E-state index contributed by atoms with van der Waals surface area (Å²) < 4.78 is 5.47. The number of nitro groups is 1. The molecule has 1 heterocycles. The molecule has 0 radical (unpaired) electrons. The van der Waals surface area contributed by atoms with Crippen LogP contribution in [0.3, 0.4) is 0 Å². The fourth-order valence-electron chi connectivity index (χ4n) is 2.14. The Bertz CT molecular complexity index is 450. The molecule has 2 atom stereocenters. The number of anilines is 2. The van der Waals surface area contributed by atoms with Crippen molar-refractivity contribution in [1.29, 1.82) is 0 Å². The van der Waals surface area contributed by atoms with Gasteiger partial charge in [0.1, 0.15) is 0 Å². The molecule has 0 aromatic heterocycles. The van der Waals surface area contributed by atoms with Crippen LogP contribution in [-0.2, 0) is 4.74 Å². The number of hydrogen-bond acceptors (Lipinski definition) is 5. The summed E-state index contributed by atoms with van der Waals surface area (Å²) in [7, 11) is 0. The van der Waals surface area contributed by atoms with E-state index in [4.69, 9.17) is 10.5 Å². The van der Waals surface area contributed by atoms with Gasteiger partial charge < -0.3 is 15.8 Å². The summed E-state index contributed by atoms with van der Waals surface area (Å²) in [4.78, 5) is 10.2. The standard InChI is InChI=1S/C12H17N3O3/c1-8-6-9(4-5-18-8)14-12-3-2-10(15(16)17)7-11(12)13/h2-3,7-9,14H,4-6,13H2,1H3. The van der Waals surface area contributed by atoms with Gasteiger partial charge in [0.2, 0.25) is 0 Å². The van der Waals surface area contributed by atoms with Gasteiger partial charge in [0, 0.05) is 24.8 Å². The first-order chi connectivity index (χ1) is 8.56. The molecule has 0 bridgehead atoms. The van der Waals surface area contributed by atoms with Gasteiger partial charge in [0.05, 0.1) is 22.4 Å². The van der Waals surface area contributed by atoms with Crippen molar-refractivity contribution in [2.45, 2.75) is 31.9 Å². The summed E-state index contributed by atoms with van der Waals surface area (Å²) in [6, 6.07) is 4.80. The van der Waals surface area contributed by atoms with Crippen LogP contribution in [0.5, 0.6) is 0 Å². The van der Waals surface area contributed by atoms with Crippen molar-refractivity contribution < 1.29 is 9.66 Å². The lowest BCUT2D eigenvalue weighted by molar-refractivity contribution is -0.384. The van der Waals surface area contributed by atoms with E-state index >= 15 is 0 Å². The summed E-state index contributed by atoms with van der Waals surface area (Å²) in [5.41, 5.74) is 6.98. The van der Waals surface area contributed by atoms with Crippen LogP contribution in [0.2, 0.25) is 0 Å². The van der Waals surface area contributed by atoms with E-state index in [1.54, 1.807) is 6.07 Å². The van der Waals surface area contributed by atoms with Gasteiger partial charge in [0.25, 0.3) is 5.69 Å². The maximum absolute atomic E-state index is 10.6. The van der Waals surface area contributed by atoms with Crippen LogP contribution in [0.15, 0.2) is 18.2 Å². The van der Waals surface area contributed by atoms with Crippen LogP contribution < -0.4 is 11.1 Å². The minimum Gasteiger partial charge on any atom is -0.397 e. The van der Waals surface area contributed by atoms with Crippen molar-refractivity contribution in [3.8, 4) is 0 Å². The monoisotopic (exact) mass is 251 g/mol. The first-order valence-electron chi connectivity index (χ1n) is 5.98. The highest BCUT2D eigenvalue weighted by atomic mass is 16.6. The van der Waals surface area contributed by atoms with E-state index in [1.807, 2.05) is 6.92 Å². The summed E-state index contributed by atoms with van der Waals surface area (Å²) in [5, 5.41) is 13.9. The minimum atomic E-state index is -0.448. The summed E-state index contributed by atoms with van der Waals surface area (Å²) in [6.45, 7) is 2.76. The zero-order valence-electron chi connectivity index (χ0n) is 10.3. The van der Waals surface area contributed by atoms with E-state index in [0.29, 0.717) is 11.7 Å². The first-order valence-corrected chi connectivity index (χ1v) is 5.98. The average molecular weight is 251 g/mol. The molecule has 1 fully saturated rings. The lowest BCUT2D eigenvalue weighted by atomic mass is 10.0. The molecular weight excluding hydrogens is 234 g/mol. The second kappa shape index (κ2) is 5.22. The van der Waals surface area contributed by atoms with Crippen LogP contribution >= 0.6 is 0 Å². The third-order valence-corrected chi connectivity index (χ3v) is 3.09. The molecule has 6 heteroatoms. The van der Waals surface area contributed by atoms with Crippen molar-refractivity contribution >= 4 is 17.1 Å². The molecule has 1 aromatic rings. The second-order valence-corrected chi connectivity index (χ2v) is 4.58. The van der Waals surface area contributed by atoms with E-state index in [2.05, 4.69) is 5.32 Å². The molecule has 18 heavy (non-hydrogen) atoms. The van der Waals surface area contributed by atoms with Gasteiger partial charge in [-0.3, -0.25) is 10.1 Å². The summed E-state index contributed by atoms with van der Waals surface area (Å²) >= 11 is 0. The van der Waals surface area contributed by atoms with Crippen molar-refractivity contribution in [3.05, 3.63) is 28.3 Å². The topological polar surface area (TPSA) is 90.4 Å². The van der Waals surface area contributed by atoms with E-state index in [9.17, 15) is 10.1 Å². The van der Waals surface area contributed by atoms with Crippen LogP contribution in [-0.4, -0.2) is 23.7 Å². The zero-order chi connectivity index (χ0) is 13.1. The van der Waals surface area contributed by atoms with Crippen LogP contribution in [0.4, 0.5) is 17.1 Å². The molecule has 6 nitrogen and oxygen atoms in total. The first kappa shape index (κ1) is 12.6. The quantitative estimate of drug-likeness (QED) is 0.488. The summed E-state index contributed by atoms with van der Waals surface area (Å²) in [5.74, 6) is 0. The molecule has 0 saturated carbocycles. The molecule has 0 amide bonds. The number of hydrogen-bond donors (Lipinski definition) is 2. The Morgan fingerprint density at radius 3 is 2.94 bits per heavy atom. The maximum atomic E-state index is 10.6. The predicted octanol–water partition coefficient (Wildman–Crippen LogP) is 2.16. The molecular formula is C12H17N3O3. The molecule has 0 spiro atoms. The van der Waals surface area contributed by atoms with Crippen molar-refractivity contribution in [1.82, 2.24) is 0 Å². The Kier molecular flexibility index (Phi) is 3.66. The SMILES string of the molecule is CC1CC(Nc2ccc([N+](=O)[O-])cc2N)CCO1. The van der Waals surface area contributed by atoms with Gasteiger partial charge in [-0.2, -0.15) is 0 Å². The third kappa shape index (κ3) is 2.89. The Hall–Kier alpha value is -1.82. The molecule has 2 unspecified atom stereocenters. The Balaban J connectivity index is 2.07. The van der Waals surface area contributed by atoms with E-state index in [0.717, 1.165) is 25.1 Å². The number of nitrogens with two attached hydrogens (primary N) is 1. The number of benzene rings is 1. The van der Waals surface area contributed by atoms with Crippen molar-refractivity contribution in [2.24, 2.45) is 0 Å². The van der Waals surface area contributed by atoms with Gasteiger partial charge in [-0.25, -0.2) is 0 Å².